The van der Waals surface area contributed by atoms with Gasteiger partial charge in [-0.1, -0.05) is 18.2 Å². The van der Waals surface area contributed by atoms with Crippen LogP contribution in [0.3, 0.4) is 0 Å². The molecule has 32 heavy (non-hydrogen) atoms. The number of nitrogens with zero attached hydrogens (tertiary/aromatic N) is 1. The van der Waals surface area contributed by atoms with E-state index in [1.165, 1.54) is 0 Å². The molecule has 1 fully saturated rings. The van der Waals surface area contributed by atoms with Gasteiger partial charge in [0.2, 0.25) is 11.8 Å². The molecule has 1 atom stereocenters. The Morgan fingerprint density at radius 2 is 1.91 bits per heavy atom. The van der Waals surface area contributed by atoms with Crippen molar-refractivity contribution in [3.8, 4) is 0 Å². The summed E-state index contributed by atoms with van der Waals surface area (Å²) in [6, 6.07) is 12.8. The van der Waals surface area contributed by atoms with E-state index >= 15 is 0 Å². The summed E-state index contributed by atoms with van der Waals surface area (Å²) in [6.07, 6.45) is 0.858. The highest BCUT2D eigenvalue weighted by Gasteiger charge is 2.35. The van der Waals surface area contributed by atoms with Crippen LogP contribution in [0.5, 0.6) is 0 Å². The van der Waals surface area contributed by atoms with Gasteiger partial charge >= 0.3 is 0 Å². The van der Waals surface area contributed by atoms with Crippen molar-refractivity contribution in [2.45, 2.75) is 33.6 Å². The van der Waals surface area contributed by atoms with E-state index in [0.29, 0.717) is 44.0 Å². The molecule has 0 bridgehead atoms. The van der Waals surface area contributed by atoms with E-state index in [1.807, 2.05) is 39.0 Å². The molecule has 170 valence electrons. The van der Waals surface area contributed by atoms with Crippen LogP contribution in [0.25, 0.3) is 0 Å². The number of benzene rings is 2. The van der Waals surface area contributed by atoms with Crippen molar-refractivity contribution >= 4 is 29.1 Å². The molecule has 2 N–H and O–H groups in total. The number of nitrogens with one attached hydrogen (secondary N) is 2. The van der Waals surface area contributed by atoms with E-state index in [0.717, 1.165) is 16.8 Å². The average Bonchev–Trinajstić information content (AvgIpc) is 3.17. The number of para-hydroxylation sites is 1. The molecule has 2 aromatic carbocycles. The van der Waals surface area contributed by atoms with Crippen molar-refractivity contribution in [3.63, 3.8) is 0 Å². The number of aryl methyl sites for hydroxylation is 2. The second-order valence-corrected chi connectivity index (χ2v) is 8.02. The highest BCUT2D eigenvalue weighted by Crippen LogP contribution is 2.28. The fourth-order valence-electron chi connectivity index (χ4n) is 3.67. The molecule has 1 saturated heterocycles. The van der Waals surface area contributed by atoms with Gasteiger partial charge in [0, 0.05) is 38.4 Å². The van der Waals surface area contributed by atoms with Gasteiger partial charge < -0.3 is 20.3 Å². The van der Waals surface area contributed by atoms with Crippen molar-refractivity contribution in [1.29, 1.82) is 0 Å². The van der Waals surface area contributed by atoms with E-state index in [2.05, 4.69) is 10.6 Å². The maximum atomic E-state index is 12.9. The van der Waals surface area contributed by atoms with Crippen LogP contribution in [-0.4, -0.2) is 44.0 Å². The number of amides is 3. The van der Waals surface area contributed by atoms with Crippen molar-refractivity contribution in [3.05, 3.63) is 59.2 Å². The Balaban J connectivity index is 1.63. The first kappa shape index (κ1) is 23.5. The van der Waals surface area contributed by atoms with Crippen LogP contribution in [0.2, 0.25) is 0 Å². The van der Waals surface area contributed by atoms with Gasteiger partial charge in [-0.25, -0.2) is 0 Å². The van der Waals surface area contributed by atoms with Crippen LogP contribution in [0, 0.1) is 19.8 Å². The Kier molecular flexibility index (Phi) is 8.00. The van der Waals surface area contributed by atoms with Gasteiger partial charge in [0.25, 0.3) is 5.91 Å². The number of carbonyl (C=O) groups excluding carboxylic acids is 3. The van der Waals surface area contributed by atoms with Crippen LogP contribution in [-0.2, 0) is 14.3 Å². The monoisotopic (exact) mass is 437 g/mol. The maximum absolute atomic E-state index is 12.9. The second kappa shape index (κ2) is 10.9. The summed E-state index contributed by atoms with van der Waals surface area (Å²) in [5, 5.41) is 5.71. The molecule has 2 aromatic rings. The molecule has 3 rings (SSSR count). The zero-order valence-electron chi connectivity index (χ0n) is 18.9. The number of carbonyl (C=O) groups is 3. The molecule has 0 aliphatic carbocycles. The fourth-order valence-corrected chi connectivity index (χ4v) is 3.67. The van der Waals surface area contributed by atoms with E-state index < -0.39 is 5.92 Å². The molecule has 1 aliphatic rings. The fraction of sp³-hybridized carbons (Fsp3) is 0.400. The lowest BCUT2D eigenvalue weighted by molar-refractivity contribution is -0.122. The molecule has 7 heteroatoms. The van der Waals surface area contributed by atoms with Crippen LogP contribution >= 0.6 is 0 Å². The topological polar surface area (TPSA) is 87.7 Å². The largest absolute Gasteiger partial charge is 0.382 e. The number of hydrogen-bond acceptors (Lipinski definition) is 4. The third-order valence-corrected chi connectivity index (χ3v) is 5.68. The van der Waals surface area contributed by atoms with Gasteiger partial charge in [0.15, 0.2) is 0 Å². The third kappa shape index (κ3) is 5.73. The van der Waals surface area contributed by atoms with Gasteiger partial charge in [0.05, 0.1) is 17.2 Å². The van der Waals surface area contributed by atoms with E-state index in [-0.39, 0.29) is 24.1 Å². The lowest BCUT2D eigenvalue weighted by atomic mass is 10.1. The lowest BCUT2D eigenvalue weighted by Crippen LogP contribution is -2.30. The molecule has 1 heterocycles. The summed E-state index contributed by atoms with van der Waals surface area (Å²) in [7, 11) is 0. The Hall–Kier alpha value is -3.19. The molecule has 3 amide bonds. The maximum Gasteiger partial charge on any atom is 0.253 e. The first-order chi connectivity index (χ1) is 15.4. The lowest BCUT2D eigenvalue weighted by Gasteiger charge is -2.18. The van der Waals surface area contributed by atoms with Gasteiger partial charge in [-0.3, -0.25) is 14.4 Å². The standard InChI is InChI=1S/C25H31N3O4/c1-4-32-13-7-12-26-25(31)21-8-5-6-9-22(21)27-24(30)19-15-23(29)28(16-19)20-11-10-17(2)18(3)14-20/h5-6,8-11,14,19H,4,7,12-13,15-16H2,1-3H3,(H,26,31)(H,27,30)/t19-/m0/s1. The van der Waals surface area contributed by atoms with Crippen molar-refractivity contribution in [2.24, 2.45) is 5.92 Å². The summed E-state index contributed by atoms with van der Waals surface area (Å²) in [5.74, 6) is -1.07. The molecule has 0 unspecified atom stereocenters. The normalized spacial score (nSPS) is 15.7. The smallest absolute Gasteiger partial charge is 0.253 e. The number of ether oxygens (including phenoxy) is 1. The number of rotatable bonds is 9. The zero-order valence-corrected chi connectivity index (χ0v) is 18.9. The molecule has 0 saturated carbocycles. The minimum Gasteiger partial charge on any atom is -0.382 e. The average molecular weight is 438 g/mol. The molecular weight excluding hydrogens is 406 g/mol. The van der Waals surface area contributed by atoms with Crippen LogP contribution in [0.1, 0.15) is 41.3 Å². The Morgan fingerprint density at radius 3 is 2.66 bits per heavy atom. The molecule has 1 aliphatic heterocycles. The van der Waals surface area contributed by atoms with Gasteiger partial charge in [0.1, 0.15) is 0 Å². The van der Waals surface area contributed by atoms with Gasteiger partial charge in [-0.05, 0) is 62.6 Å². The molecule has 0 spiro atoms. The van der Waals surface area contributed by atoms with Crippen LogP contribution < -0.4 is 15.5 Å². The Bertz CT molecular complexity index is 989. The van der Waals surface area contributed by atoms with Crippen LogP contribution in [0.4, 0.5) is 11.4 Å². The van der Waals surface area contributed by atoms with Crippen molar-refractivity contribution < 1.29 is 19.1 Å². The van der Waals surface area contributed by atoms with Gasteiger partial charge in [-0.2, -0.15) is 0 Å². The predicted octanol–water partition coefficient (Wildman–Crippen LogP) is 3.45. The highest BCUT2D eigenvalue weighted by atomic mass is 16.5. The Morgan fingerprint density at radius 1 is 1.12 bits per heavy atom. The number of hydrogen-bond donors (Lipinski definition) is 2. The molecular formula is C25H31N3O4. The summed E-state index contributed by atoms with van der Waals surface area (Å²) >= 11 is 0. The third-order valence-electron chi connectivity index (χ3n) is 5.68. The highest BCUT2D eigenvalue weighted by molar-refractivity contribution is 6.07. The van der Waals surface area contributed by atoms with Gasteiger partial charge in [-0.15, -0.1) is 0 Å². The molecule has 0 aromatic heterocycles. The summed E-state index contributed by atoms with van der Waals surface area (Å²) < 4.78 is 5.28. The van der Waals surface area contributed by atoms with E-state index in [9.17, 15) is 14.4 Å². The molecule has 0 radical (unpaired) electrons. The summed E-state index contributed by atoms with van der Waals surface area (Å²) in [4.78, 5) is 39.7. The van der Waals surface area contributed by atoms with Crippen molar-refractivity contribution in [1.82, 2.24) is 5.32 Å². The Labute approximate surface area is 189 Å². The number of anilines is 2. The predicted molar refractivity (Wildman–Crippen MR) is 125 cm³/mol. The van der Waals surface area contributed by atoms with E-state index in [4.69, 9.17) is 4.74 Å². The second-order valence-electron chi connectivity index (χ2n) is 8.02. The zero-order chi connectivity index (χ0) is 23.1. The minimum atomic E-state index is -0.480. The summed E-state index contributed by atoms with van der Waals surface area (Å²) in [6.45, 7) is 7.99. The van der Waals surface area contributed by atoms with Crippen molar-refractivity contribution in [2.75, 3.05) is 36.5 Å². The van der Waals surface area contributed by atoms with Crippen LogP contribution in [0.15, 0.2) is 42.5 Å². The summed E-state index contributed by atoms with van der Waals surface area (Å²) in [5.41, 5.74) is 3.90. The first-order valence-corrected chi connectivity index (χ1v) is 11.0. The first-order valence-electron chi connectivity index (χ1n) is 11.0. The molecule has 7 nitrogen and oxygen atoms in total. The van der Waals surface area contributed by atoms with E-state index in [1.54, 1.807) is 29.2 Å². The quantitative estimate of drug-likeness (QED) is 0.588. The SMILES string of the molecule is CCOCCCNC(=O)c1ccccc1NC(=O)[C@H]1CC(=O)N(c2ccc(C)c(C)c2)C1. The minimum absolute atomic E-state index is 0.0753.